The molecule has 8 unspecified atom stereocenters. The zero-order valence-electron chi connectivity index (χ0n) is 33.3. The predicted molar refractivity (Wildman–Crippen MR) is 185 cm³/mol. The molecule has 0 aromatic heterocycles. The molecule has 20 atom stereocenters. The molecule has 4 fully saturated rings. The second-order valence-electron chi connectivity index (χ2n) is 15.7. The lowest BCUT2D eigenvalue weighted by Crippen LogP contribution is -2.61. The van der Waals surface area contributed by atoms with E-state index in [0.29, 0.717) is 11.8 Å². The Hall–Kier alpha value is -1.42. The fraction of sp³-hybridized carbons (Fsp3) is 0.947. The Kier molecular flexibility index (Phi) is 15.2. The number of esters is 2. The quantitative estimate of drug-likeness (QED) is 0.251. The van der Waals surface area contributed by atoms with E-state index in [9.17, 15) is 9.59 Å². The lowest BCUT2D eigenvalue weighted by molar-refractivity contribution is -0.365. The van der Waals surface area contributed by atoms with Crippen LogP contribution in [0, 0.1) is 47.3 Å². The fourth-order valence-corrected chi connectivity index (χ4v) is 8.10. The summed E-state index contributed by atoms with van der Waals surface area (Å²) >= 11 is 0. The monoisotopic (exact) mass is 730 g/mol. The van der Waals surface area contributed by atoms with Crippen LogP contribution in [0.3, 0.4) is 0 Å². The minimum Gasteiger partial charge on any atom is -0.463 e. The van der Waals surface area contributed by atoms with Crippen molar-refractivity contribution in [2.24, 2.45) is 47.3 Å². The zero-order valence-corrected chi connectivity index (χ0v) is 33.3. The molecule has 296 valence electrons. The number of ether oxygens (including phenoxy) is 11. The molecule has 0 aromatic rings. The molecule has 13 heteroatoms. The largest absolute Gasteiger partial charge is 0.463 e. The van der Waals surface area contributed by atoms with E-state index in [2.05, 4.69) is 48.5 Å². The third-order valence-corrected chi connectivity index (χ3v) is 12.4. The highest BCUT2D eigenvalue weighted by molar-refractivity contribution is 5.66. The summed E-state index contributed by atoms with van der Waals surface area (Å²) in [5.74, 6) is -0.166. The van der Waals surface area contributed by atoms with Gasteiger partial charge in [-0.2, -0.15) is 0 Å². The third-order valence-electron chi connectivity index (χ3n) is 12.4. The molecule has 0 aliphatic carbocycles. The maximum atomic E-state index is 11.9. The maximum Gasteiger partial charge on any atom is 0.302 e. The normalized spacial score (nSPS) is 47.8. The van der Waals surface area contributed by atoms with Gasteiger partial charge in [0, 0.05) is 51.7 Å². The Bertz CT molecular complexity index is 1120. The van der Waals surface area contributed by atoms with Gasteiger partial charge in [-0.15, -0.1) is 0 Å². The smallest absolute Gasteiger partial charge is 0.302 e. The van der Waals surface area contributed by atoms with Crippen LogP contribution < -0.4 is 0 Å². The Balaban J connectivity index is 1.49. The van der Waals surface area contributed by atoms with Gasteiger partial charge in [-0.3, -0.25) is 9.59 Å². The summed E-state index contributed by atoms with van der Waals surface area (Å²) in [6, 6.07) is 0. The molecule has 51 heavy (non-hydrogen) atoms. The van der Waals surface area contributed by atoms with Gasteiger partial charge in [-0.1, -0.05) is 55.4 Å². The summed E-state index contributed by atoms with van der Waals surface area (Å²) in [7, 11) is 3.26. The van der Waals surface area contributed by atoms with Crippen molar-refractivity contribution in [1.82, 2.24) is 0 Å². The summed E-state index contributed by atoms with van der Waals surface area (Å²) in [6.45, 7) is 23.8. The summed E-state index contributed by atoms with van der Waals surface area (Å²) < 4.78 is 68.5. The Labute approximate surface area is 305 Å². The van der Waals surface area contributed by atoms with Gasteiger partial charge < -0.3 is 52.1 Å². The van der Waals surface area contributed by atoms with E-state index in [1.165, 1.54) is 13.8 Å². The zero-order chi connectivity index (χ0) is 37.9. The maximum absolute atomic E-state index is 11.9. The van der Waals surface area contributed by atoms with E-state index in [1.54, 1.807) is 14.2 Å². The van der Waals surface area contributed by atoms with E-state index in [1.807, 2.05) is 20.8 Å². The van der Waals surface area contributed by atoms with E-state index < -0.39 is 79.8 Å². The first kappa shape index (κ1) is 42.3. The number of hydrogen-bond donors (Lipinski definition) is 0. The minimum absolute atomic E-state index is 0.00412. The minimum atomic E-state index is -0.659. The third kappa shape index (κ3) is 9.64. The van der Waals surface area contributed by atoms with Gasteiger partial charge in [0.2, 0.25) is 0 Å². The van der Waals surface area contributed by atoms with E-state index in [4.69, 9.17) is 52.1 Å². The van der Waals surface area contributed by atoms with E-state index in [0.717, 1.165) is 0 Å². The molecule has 4 rings (SSSR count). The van der Waals surface area contributed by atoms with Crippen LogP contribution in [0.2, 0.25) is 0 Å². The predicted octanol–water partition coefficient (Wildman–Crippen LogP) is 4.96. The van der Waals surface area contributed by atoms with Gasteiger partial charge in [0.25, 0.3) is 0 Å². The van der Waals surface area contributed by atoms with Gasteiger partial charge in [0.15, 0.2) is 25.2 Å². The molecule has 13 nitrogen and oxygen atoms in total. The Morgan fingerprint density at radius 3 is 1.33 bits per heavy atom. The highest BCUT2D eigenvalue weighted by Crippen LogP contribution is 2.42. The average Bonchev–Trinajstić information content (AvgIpc) is 3.08. The number of rotatable bonds is 12. The topological polar surface area (TPSA) is 136 Å². The summed E-state index contributed by atoms with van der Waals surface area (Å²) in [6.07, 6.45) is -5.47. The van der Waals surface area contributed by atoms with Gasteiger partial charge in [-0.05, 0) is 37.5 Å². The fourth-order valence-electron chi connectivity index (χ4n) is 8.10. The van der Waals surface area contributed by atoms with Gasteiger partial charge in [-0.25, -0.2) is 0 Å². The lowest BCUT2D eigenvalue weighted by Gasteiger charge is -2.51. The van der Waals surface area contributed by atoms with Crippen LogP contribution in [0.25, 0.3) is 0 Å². The first-order valence-corrected chi connectivity index (χ1v) is 18.9. The lowest BCUT2D eigenvalue weighted by atomic mass is 9.79. The van der Waals surface area contributed by atoms with Crippen LogP contribution in [-0.4, -0.2) is 113 Å². The number of carbonyl (C=O) groups excluding carboxylic acids is 2. The molecular formula is C38H66O13. The van der Waals surface area contributed by atoms with Crippen LogP contribution in [-0.2, 0) is 61.7 Å². The summed E-state index contributed by atoms with van der Waals surface area (Å²) in [5.41, 5.74) is 0. The molecule has 0 amide bonds. The molecule has 4 saturated heterocycles. The average molecular weight is 731 g/mol. The van der Waals surface area contributed by atoms with Crippen LogP contribution in [0.4, 0.5) is 0 Å². The van der Waals surface area contributed by atoms with E-state index in [-0.39, 0.29) is 54.8 Å². The Morgan fingerprint density at radius 1 is 0.431 bits per heavy atom. The molecule has 0 saturated carbocycles. The molecule has 4 aliphatic heterocycles. The standard InChI is InChI=1S/C38H66O13/c1-17-18(2)25(9)45-36(21(17)5)49-32-20(4)23(7)37(48-30(32)16-44-28(12)40)51-34-26(10)46-38(24(8)33(34)41-13)50-31-19(3)22(6)35(42-14)47-29(31)15-43-27(11)39/h17-26,29-38H,15-16H2,1-14H3/t17-,18-,19+,20?,21?,22?,23?,24?,25?,26-,29?,30-,31-,32-,33?,34+,35-,36-,37+,38+/m0/s1. The van der Waals surface area contributed by atoms with Crippen molar-refractivity contribution in [2.75, 3.05) is 27.4 Å². The van der Waals surface area contributed by atoms with Crippen molar-refractivity contribution < 1.29 is 61.7 Å². The molecule has 0 aromatic carbocycles. The van der Waals surface area contributed by atoms with Gasteiger partial charge in [0.1, 0.15) is 31.5 Å². The molecule has 4 aliphatic rings. The molecule has 0 radical (unpaired) electrons. The van der Waals surface area contributed by atoms with Crippen molar-refractivity contribution in [3.8, 4) is 0 Å². The van der Waals surface area contributed by atoms with Crippen LogP contribution in [0.15, 0.2) is 0 Å². The second-order valence-corrected chi connectivity index (χ2v) is 15.7. The SMILES string of the molecule is COC1C(C)[C@@H](O[C@@H]2C(COC(C)=O)O[C@H](OC)C(C)[C@H]2C)O[C@@H](C)[C@H]1O[C@H]1O[C@@H](COC(C)=O)[C@@H](O[C@@H]2OC(C)[C@@H](C)[C@H](C)C2C)C(C)C1C. The first-order chi connectivity index (χ1) is 24.0. The van der Waals surface area contributed by atoms with Crippen molar-refractivity contribution in [1.29, 1.82) is 0 Å². The Morgan fingerprint density at radius 2 is 0.843 bits per heavy atom. The van der Waals surface area contributed by atoms with Crippen molar-refractivity contribution in [3.05, 3.63) is 0 Å². The first-order valence-electron chi connectivity index (χ1n) is 18.9. The number of hydrogen-bond acceptors (Lipinski definition) is 13. The highest BCUT2D eigenvalue weighted by Gasteiger charge is 2.52. The van der Waals surface area contributed by atoms with Crippen LogP contribution >= 0.6 is 0 Å². The van der Waals surface area contributed by atoms with Crippen molar-refractivity contribution in [2.45, 2.75) is 157 Å². The van der Waals surface area contributed by atoms with Crippen molar-refractivity contribution >= 4 is 11.9 Å². The molecule has 0 N–H and O–H groups in total. The summed E-state index contributed by atoms with van der Waals surface area (Å²) in [5, 5.41) is 0. The van der Waals surface area contributed by atoms with Crippen molar-refractivity contribution in [3.63, 3.8) is 0 Å². The molecule has 4 heterocycles. The van der Waals surface area contributed by atoms with E-state index >= 15 is 0 Å². The van der Waals surface area contributed by atoms with Gasteiger partial charge >= 0.3 is 11.9 Å². The second kappa shape index (κ2) is 18.3. The molecular weight excluding hydrogens is 664 g/mol. The number of carbonyl (C=O) groups is 2. The molecule has 0 spiro atoms. The molecule has 0 bridgehead atoms. The van der Waals surface area contributed by atoms with Crippen LogP contribution in [0.5, 0.6) is 0 Å². The number of methoxy groups -OCH3 is 2. The highest BCUT2D eigenvalue weighted by atomic mass is 16.8. The van der Waals surface area contributed by atoms with Crippen LogP contribution in [0.1, 0.15) is 83.1 Å². The van der Waals surface area contributed by atoms with Gasteiger partial charge in [0.05, 0.1) is 30.5 Å². The summed E-state index contributed by atoms with van der Waals surface area (Å²) in [4.78, 5) is 23.6.